The maximum absolute atomic E-state index is 5.71. The van der Waals surface area contributed by atoms with Gasteiger partial charge >= 0.3 is 0 Å². The van der Waals surface area contributed by atoms with E-state index in [1.165, 1.54) is 58.4 Å². The molecule has 3 heteroatoms. The van der Waals surface area contributed by atoms with Crippen LogP contribution in [0, 0.1) is 5.41 Å². The highest BCUT2D eigenvalue weighted by atomic mass is 16.5. The van der Waals surface area contributed by atoms with Crippen LogP contribution in [0.3, 0.4) is 0 Å². The van der Waals surface area contributed by atoms with Gasteiger partial charge in [0.2, 0.25) is 0 Å². The van der Waals surface area contributed by atoms with E-state index in [2.05, 4.69) is 24.1 Å². The summed E-state index contributed by atoms with van der Waals surface area (Å²) in [7, 11) is 0. The molecule has 2 heterocycles. The number of hydrogen-bond donors (Lipinski definition) is 1. The second-order valence-corrected chi connectivity index (χ2v) is 6.02. The van der Waals surface area contributed by atoms with Crippen molar-refractivity contribution in [1.82, 2.24) is 10.2 Å². The predicted octanol–water partition coefficient (Wildman–Crippen LogP) is 1.88. The zero-order valence-electron chi connectivity index (χ0n) is 11.5. The van der Waals surface area contributed by atoms with Gasteiger partial charge in [-0.25, -0.2) is 0 Å². The van der Waals surface area contributed by atoms with Crippen LogP contribution in [-0.4, -0.2) is 50.3 Å². The molecule has 0 bridgehead atoms. The molecule has 0 amide bonds. The van der Waals surface area contributed by atoms with E-state index < -0.39 is 0 Å². The maximum atomic E-state index is 5.71. The van der Waals surface area contributed by atoms with Gasteiger partial charge in [0.25, 0.3) is 0 Å². The Kier molecular flexibility index (Phi) is 4.83. The SMILES string of the molecule is CCOC1CCN(CC2(C)CCCNC2)CC1. The molecule has 1 N–H and O–H groups in total. The fourth-order valence-electron chi connectivity index (χ4n) is 3.26. The first-order valence-corrected chi connectivity index (χ1v) is 7.26. The number of nitrogens with zero attached hydrogens (tertiary/aromatic N) is 1. The fraction of sp³-hybridized carbons (Fsp3) is 1.00. The zero-order chi connectivity index (χ0) is 12.1. The Bertz CT molecular complexity index is 218. The Morgan fingerprint density at radius 3 is 2.71 bits per heavy atom. The largest absolute Gasteiger partial charge is 0.378 e. The summed E-state index contributed by atoms with van der Waals surface area (Å²) in [6.07, 6.45) is 5.68. The average Bonchev–Trinajstić information content (AvgIpc) is 2.33. The second-order valence-electron chi connectivity index (χ2n) is 6.02. The van der Waals surface area contributed by atoms with Crippen molar-refractivity contribution in [3.63, 3.8) is 0 Å². The van der Waals surface area contributed by atoms with Crippen LogP contribution in [-0.2, 0) is 4.74 Å². The van der Waals surface area contributed by atoms with E-state index in [1.807, 2.05) is 0 Å². The third-order valence-electron chi connectivity index (χ3n) is 4.23. The number of hydrogen-bond acceptors (Lipinski definition) is 3. The molecule has 100 valence electrons. The van der Waals surface area contributed by atoms with E-state index in [9.17, 15) is 0 Å². The molecule has 1 unspecified atom stereocenters. The van der Waals surface area contributed by atoms with Crippen molar-refractivity contribution in [2.75, 3.05) is 39.3 Å². The topological polar surface area (TPSA) is 24.5 Å². The van der Waals surface area contributed by atoms with Crippen LogP contribution in [0.2, 0.25) is 0 Å². The van der Waals surface area contributed by atoms with E-state index in [1.54, 1.807) is 0 Å². The Balaban J connectivity index is 1.73. The Labute approximate surface area is 106 Å². The first-order valence-electron chi connectivity index (χ1n) is 7.26. The van der Waals surface area contributed by atoms with Crippen LogP contribution in [0.25, 0.3) is 0 Å². The summed E-state index contributed by atoms with van der Waals surface area (Å²) in [5.41, 5.74) is 0.497. The van der Waals surface area contributed by atoms with Crippen LogP contribution in [0.5, 0.6) is 0 Å². The van der Waals surface area contributed by atoms with E-state index >= 15 is 0 Å². The minimum atomic E-state index is 0.497. The van der Waals surface area contributed by atoms with Crippen LogP contribution >= 0.6 is 0 Å². The highest BCUT2D eigenvalue weighted by Gasteiger charge is 2.30. The molecule has 0 saturated carbocycles. The highest BCUT2D eigenvalue weighted by Crippen LogP contribution is 2.28. The summed E-state index contributed by atoms with van der Waals surface area (Å²) in [6, 6.07) is 0. The summed E-state index contributed by atoms with van der Waals surface area (Å²) in [5, 5.41) is 3.54. The van der Waals surface area contributed by atoms with Gasteiger partial charge in [0.1, 0.15) is 0 Å². The van der Waals surface area contributed by atoms with Gasteiger partial charge in [0.05, 0.1) is 6.10 Å². The van der Waals surface area contributed by atoms with Gasteiger partial charge in [-0.1, -0.05) is 6.92 Å². The van der Waals surface area contributed by atoms with Gasteiger partial charge in [0, 0.05) is 32.8 Å². The molecule has 3 nitrogen and oxygen atoms in total. The number of ether oxygens (including phenoxy) is 1. The smallest absolute Gasteiger partial charge is 0.0599 e. The summed E-state index contributed by atoms with van der Waals surface area (Å²) in [6.45, 7) is 11.5. The van der Waals surface area contributed by atoms with Crippen molar-refractivity contribution in [3.8, 4) is 0 Å². The molecule has 2 rings (SSSR count). The molecule has 0 aromatic rings. The number of piperidine rings is 2. The monoisotopic (exact) mass is 240 g/mol. The minimum absolute atomic E-state index is 0.497. The molecule has 0 aliphatic carbocycles. The summed E-state index contributed by atoms with van der Waals surface area (Å²) in [5.74, 6) is 0. The lowest BCUT2D eigenvalue weighted by atomic mass is 9.82. The van der Waals surface area contributed by atoms with Crippen molar-refractivity contribution in [2.45, 2.75) is 45.6 Å². The first-order chi connectivity index (χ1) is 8.22. The molecule has 2 aliphatic heterocycles. The third kappa shape index (κ3) is 3.94. The normalized spacial score (nSPS) is 32.8. The quantitative estimate of drug-likeness (QED) is 0.812. The lowest BCUT2D eigenvalue weighted by Crippen LogP contribution is -2.48. The molecule has 2 aliphatic rings. The molecule has 1 atom stereocenters. The van der Waals surface area contributed by atoms with Crippen LogP contribution < -0.4 is 5.32 Å². The van der Waals surface area contributed by atoms with Gasteiger partial charge in [-0.3, -0.25) is 0 Å². The third-order valence-corrected chi connectivity index (χ3v) is 4.23. The van der Waals surface area contributed by atoms with Crippen LogP contribution in [0.4, 0.5) is 0 Å². The molecule has 0 radical (unpaired) electrons. The lowest BCUT2D eigenvalue weighted by Gasteiger charge is -2.41. The fourth-order valence-corrected chi connectivity index (χ4v) is 3.26. The summed E-state index contributed by atoms with van der Waals surface area (Å²) in [4.78, 5) is 2.64. The molecule has 17 heavy (non-hydrogen) atoms. The Hall–Kier alpha value is -0.120. The first kappa shape index (κ1) is 13.3. The summed E-state index contributed by atoms with van der Waals surface area (Å²) < 4.78 is 5.71. The van der Waals surface area contributed by atoms with Gasteiger partial charge in [0.15, 0.2) is 0 Å². The summed E-state index contributed by atoms with van der Waals surface area (Å²) >= 11 is 0. The predicted molar refractivity (Wildman–Crippen MR) is 71.3 cm³/mol. The van der Waals surface area contributed by atoms with E-state index in [0.29, 0.717) is 11.5 Å². The zero-order valence-corrected chi connectivity index (χ0v) is 11.5. The number of likely N-dealkylation sites (tertiary alicyclic amines) is 1. The average molecular weight is 240 g/mol. The van der Waals surface area contributed by atoms with E-state index in [0.717, 1.165) is 6.61 Å². The van der Waals surface area contributed by atoms with Crippen molar-refractivity contribution < 1.29 is 4.74 Å². The van der Waals surface area contributed by atoms with Gasteiger partial charge in [-0.15, -0.1) is 0 Å². The molecule has 2 saturated heterocycles. The van der Waals surface area contributed by atoms with Crippen molar-refractivity contribution in [1.29, 1.82) is 0 Å². The molecular formula is C14H28N2O. The van der Waals surface area contributed by atoms with Crippen LogP contribution in [0.1, 0.15) is 39.5 Å². The molecule has 0 aromatic carbocycles. The molecular weight excluding hydrogens is 212 g/mol. The van der Waals surface area contributed by atoms with E-state index in [-0.39, 0.29) is 0 Å². The maximum Gasteiger partial charge on any atom is 0.0599 e. The van der Waals surface area contributed by atoms with Gasteiger partial charge < -0.3 is 15.0 Å². The van der Waals surface area contributed by atoms with Crippen molar-refractivity contribution in [2.24, 2.45) is 5.41 Å². The second kappa shape index (κ2) is 6.17. The number of rotatable bonds is 4. The van der Waals surface area contributed by atoms with Crippen molar-refractivity contribution >= 4 is 0 Å². The minimum Gasteiger partial charge on any atom is -0.378 e. The van der Waals surface area contributed by atoms with Gasteiger partial charge in [-0.05, 0) is 44.6 Å². The van der Waals surface area contributed by atoms with Crippen molar-refractivity contribution in [3.05, 3.63) is 0 Å². The lowest BCUT2D eigenvalue weighted by molar-refractivity contribution is 0.00311. The van der Waals surface area contributed by atoms with Gasteiger partial charge in [-0.2, -0.15) is 0 Å². The highest BCUT2D eigenvalue weighted by molar-refractivity contribution is 4.86. The Morgan fingerprint density at radius 1 is 1.35 bits per heavy atom. The van der Waals surface area contributed by atoms with Crippen LogP contribution in [0.15, 0.2) is 0 Å². The standard InChI is InChI=1S/C14H28N2O/c1-3-17-13-5-9-16(10-6-13)12-14(2)7-4-8-15-11-14/h13,15H,3-12H2,1-2H3. The molecule has 2 fully saturated rings. The Morgan fingerprint density at radius 2 is 2.12 bits per heavy atom. The molecule has 0 aromatic heterocycles. The van der Waals surface area contributed by atoms with E-state index in [4.69, 9.17) is 4.74 Å². The molecule has 0 spiro atoms. The number of nitrogens with one attached hydrogen (secondary N) is 1.